The van der Waals surface area contributed by atoms with E-state index < -0.39 is 0 Å². The lowest BCUT2D eigenvalue weighted by Crippen LogP contribution is -2.30. The van der Waals surface area contributed by atoms with Crippen LogP contribution < -0.4 is 5.32 Å². The summed E-state index contributed by atoms with van der Waals surface area (Å²) >= 11 is 1.45. The van der Waals surface area contributed by atoms with Gasteiger partial charge in [-0.25, -0.2) is 4.52 Å². The van der Waals surface area contributed by atoms with E-state index in [-0.39, 0.29) is 18.0 Å². The SMILES string of the molecule is CC(=O)N[C@@H]1CC[C@@H](n2ncc(-c3cc(Sc4ccccc4C#N)c4c(C#N)cnn4c3)c2C)C1. The number of nitrogens with zero attached hydrogens (tertiary/aromatic N) is 6. The largest absolute Gasteiger partial charge is 0.354 e. The second kappa shape index (κ2) is 9.28. The average Bonchev–Trinajstić information content (AvgIpc) is 3.57. The molecule has 1 amide bonds. The van der Waals surface area contributed by atoms with E-state index in [0.717, 1.165) is 45.9 Å². The van der Waals surface area contributed by atoms with Crippen LogP contribution in [0.5, 0.6) is 0 Å². The van der Waals surface area contributed by atoms with E-state index in [0.29, 0.717) is 16.6 Å². The maximum Gasteiger partial charge on any atom is 0.217 e. The summed E-state index contributed by atoms with van der Waals surface area (Å²) < 4.78 is 3.79. The highest BCUT2D eigenvalue weighted by Gasteiger charge is 2.28. The van der Waals surface area contributed by atoms with Crippen LogP contribution in [0.15, 0.2) is 58.7 Å². The van der Waals surface area contributed by atoms with Crippen LogP contribution in [0.1, 0.15) is 49.0 Å². The van der Waals surface area contributed by atoms with Crippen LogP contribution in [0.25, 0.3) is 16.6 Å². The first kappa shape index (κ1) is 22.7. The number of benzene rings is 1. The van der Waals surface area contributed by atoms with Crippen LogP contribution in [-0.4, -0.2) is 31.3 Å². The van der Waals surface area contributed by atoms with Crippen molar-refractivity contribution in [3.63, 3.8) is 0 Å². The number of nitriles is 2. The molecule has 1 aliphatic carbocycles. The van der Waals surface area contributed by atoms with Crippen LogP contribution in [0, 0.1) is 29.6 Å². The molecule has 4 aromatic rings. The van der Waals surface area contributed by atoms with Crippen LogP contribution in [0.4, 0.5) is 0 Å². The molecule has 0 saturated heterocycles. The summed E-state index contributed by atoms with van der Waals surface area (Å²) in [5, 5.41) is 31.3. The molecular formula is C26H23N7OS. The maximum absolute atomic E-state index is 11.5. The highest BCUT2D eigenvalue weighted by atomic mass is 32.2. The highest BCUT2D eigenvalue weighted by Crippen LogP contribution is 2.38. The van der Waals surface area contributed by atoms with Crippen molar-refractivity contribution in [3.8, 4) is 23.3 Å². The molecule has 0 unspecified atom stereocenters. The van der Waals surface area contributed by atoms with Crippen molar-refractivity contribution in [2.24, 2.45) is 0 Å². The molecule has 0 spiro atoms. The number of aromatic nitrogens is 4. The van der Waals surface area contributed by atoms with E-state index in [1.54, 1.807) is 23.7 Å². The molecule has 1 aromatic carbocycles. The van der Waals surface area contributed by atoms with E-state index in [2.05, 4.69) is 34.2 Å². The first-order valence-corrected chi connectivity index (χ1v) is 12.2. The summed E-state index contributed by atoms with van der Waals surface area (Å²) in [5.41, 5.74) is 4.74. The van der Waals surface area contributed by atoms with Crippen molar-refractivity contribution >= 4 is 23.2 Å². The van der Waals surface area contributed by atoms with Gasteiger partial charge >= 0.3 is 0 Å². The highest BCUT2D eigenvalue weighted by molar-refractivity contribution is 7.99. The van der Waals surface area contributed by atoms with E-state index in [1.807, 2.05) is 36.7 Å². The van der Waals surface area contributed by atoms with Crippen LogP contribution >= 0.6 is 11.8 Å². The van der Waals surface area contributed by atoms with Gasteiger partial charge in [-0.1, -0.05) is 23.9 Å². The van der Waals surface area contributed by atoms with Crippen molar-refractivity contribution in [2.45, 2.75) is 55.0 Å². The molecule has 5 rings (SSSR count). The molecule has 9 heteroatoms. The van der Waals surface area contributed by atoms with Gasteiger partial charge in [0.1, 0.15) is 12.1 Å². The zero-order valence-corrected chi connectivity index (χ0v) is 20.2. The third-order valence-corrected chi connectivity index (χ3v) is 7.55. The summed E-state index contributed by atoms with van der Waals surface area (Å²) in [6, 6.07) is 14.4. The lowest BCUT2D eigenvalue weighted by atomic mass is 10.1. The molecule has 0 radical (unpaired) electrons. The number of hydrogen-bond donors (Lipinski definition) is 1. The molecule has 174 valence electrons. The molecule has 0 bridgehead atoms. The second-order valence-corrected chi connectivity index (χ2v) is 9.80. The fraction of sp³-hybridized carbons (Fsp3) is 0.269. The minimum absolute atomic E-state index is 0.000732. The molecule has 0 aliphatic heterocycles. The van der Waals surface area contributed by atoms with Gasteiger partial charge in [0.25, 0.3) is 0 Å². The molecule has 1 saturated carbocycles. The number of hydrogen-bond acceptors (Lipinski definition) is 6. The summed E-state index contributed by atoms with van der Waals surface area (Å²) in [7, 11) is 0. The molecule has 1 aliphatic rings. The quantitative estimate of drug-likeness (QED) is 0.445. The number of fused-ring (bicyclic) bond motifs is 1. The Morgan fingerprint density at radius 1 is 1.11 bits per heavy atom. The fourth-order valence-electron chi connectivity index (χ4n) is 4.83. The zero-order chi connectivity index (χ0) is 24.5. The minimum Gasteiger partial charge on any atom is -0.354 e. The van der Waals surface area contributed by atoms with Gasteiger partial charge in [-0.15, -0.1) is 0 Å². The molecule has 3 heterocycles. The lowest BCUT2D eigenvalue weighted by molar-refractivity contribution is -0.119. The van der Waals surface area contributed by atoms with Gasteiger partial charge in [-0.3, -0.25) is 9.48 Å². The first-order valence-electron chi connectivity index (χ1n) is 11.4. The van der Waals surface area contributed by atoms with Gasteiger partial charge in [0.05, 0.1) is 35.1 Å². The average molecular weight is 482 g/mol. The Morgan fingerprint density at radius 3 is 2.69 bits per heavy atom. The Morgan fingerprint density at radius 2 is 1.91 bits per heavy atom. The van der Waals surface area contributed by atoms with Gasteiger partial charge in [0.2, 0.25) is 5.91 Å². The Hall–Kier alpha value is -4.08. The fourth-order valence-corrected chi connectivity index (χ4v) is 5.92. The smallest absolute Gasteiger partial charge is 0.217 e. The topological polar surface area (TPSA) is 112 Å². The molecule has 2 atom stereocenters. The van der Waals surface area contributed by atoms with Crippen molar-refractivity contribution in [1.82, 2.24) is 24.7 Å². The number of carbonyl (C=O) groups excluding carboxylic acids is 1. The van der Waals surface area contributed by atoms with Crippen LogP contribution in [0.2, 0.25) is 0 Å². The standard InChI is InChI=1S/C26H23N7OS/c1-16-23(14-30-33(16)22-8-7-21(10-22)31-17(2)34)19-9-25(26-20(12-28)13-29-32(26)15-19)35-24-6-4-3-5-18(24)11-27/h3-6,9,13-15,21-22H,7-8,10H2,1-2H3,(H,31,34)/t21-,22-/m1/s1. The van der Waals surface area contributed by atoms with Crippen molar-refractivity contribution in [3.05, 3.63) is 65.7 Å². The summed E-state index contributed by atoms with van der Waals surface area (Å²) in [6.07, 6.45) is 8.11. The number of carbonyl (C=O) groups is 1. The van der Waals surface area contributed by atoms with Crippen molar-refractivity contribution in [2.75, 3.05) is 0 Å². The third-order valence-electron chi connectivity index (χ3n) is 6.44. The maximum atomic E-state index is 11.5. The number of amides is 1. The molecule has 1 fully saturated rings. The molecular weight excluding hydrogens is 458 g/mol. The number of rotatable bonds is 5. The summed E-state index contributed by atoms with van der Waals surface area (Å²) in [6.45, 7) is 3.61. The van der Waals surface area contributed by atoms with Gasteiger partial charge in [0, 0.05) is 45.8 Å². The number of nitrogens with one attached hydrogen (secondary N) is 1. The summed E-state index contributed by atoms with van der Waals surface area (Å²) in [5.74, 6) is 0.000732. The Bertz CT molecular complexity index is 1520. The van der Waals surface area contributed by atoms with E-state index in [9.17, 15) is 15.3 Å². The van der Waals surface area contributed by atoms with Gasteiger partial charge in [-0.2, -0.15) is 20.7 Å². The Kier molecular flexibility index (Phi) is 6.02. The van der Waals surface area contributed by atoms with Gasteiger partial charge in [0.15, 0.2) is 0 Å². The van der Waals surface area contributed by atoms with Gasteiger partial charge < -0.3 is 5.32 Å². The van der Waals surface area contributed by atoms with Crippen LogP contribution in [-0.2, 0) is 4.79 Å². The molecule has 8 nitrogen and oxygen atoms in total. The van der Waals surface area contributed by atoms with Crippen LogP contribution in [0.3, 0.4) is 0 Å². The zero-order valence-electron chi connectivity index (χ0n) is 19.4. The van der Waals surface area contributed by atoms with Crippen molar-refractivity contribution < 1.29 is 4.79 Å². The van der Waals surface area contributed by atoms with E-state index >= 15 is 0 Å². The predicted molar refractivity (Wildman–Crippen MR) is 132 cm³/mol. The Balaban J connectivity index is 1.54. The van der Waals surface area contributed by atoms with Crippen molar-refractivity contribution in [1.29, 1.82) is 10.5 Å². The van der Waals surface area contributed by atoms with E-state index in [4.69, 9.17) is 5.10 Å². The van der Waals surface area contributed by atoms with Gasteiger partial charge in [-0.05, 0) is 44.4 Å². The minimum atomic E-state index is 0.000732. The first-order chi connectivity index (χ1) is 17.0. The lowest BCUT2D eigenvalue weighted by Gasteiger charge is -2.15. The normalized spacial score (nSPS) is 17.3. The third kappa shape index (κ3) is 4.27. The second-order valence-electron chi connectivity index (χ2n) is 8.72. The Labute approximate surface area is 207 Å². The monoisotopic (exact) mass is 481 g/mol. The molecule has 35 heavy (non-hydrogen) atoms. The molecule has 3 aromatic heterocycles. The number of pyridine rings is 1. The summed E-state index contributed by atoms with van der Waals surface area (Å²) in [4.78, 5) is 13.1. The molecule has 1 N–H and O–H groups in total. The van der Waals surface area contributed by atoms with E-state index in [1.165, 1.54) is 11.8 Å². The predicted octanol–water partition coefficient (Wildman–Crippen LogP) is 4.63.